The zero-order valence-corrected chi connectivity index (χ0v) is 16.7. The molecule has 0 amide bonds. The van der Waals surface area contributed by atoms with E-state index in [1.54, 1.807) is 0 Å². The Labute approximate surface area is 159 Å². The zero-order valence-electron chi connectivity index (χ0n) is 15.7. The lowest BCUT2D eigenvalue weighted by Gasteiger charge is -2.08. The number of hydrogen-bond acceptors (Lipinski definition) is 1. The Bertz CT molecular complexity index is 1080. The second kappa shape index (κ2) is 6.37. The van der Waals surface area contributed by atoms with E-state index in [2.05, 4.69) is 97.6 Å². The summed E-state index contributed by atoms with van der Waals surface area (Å²) in [5, 5.41) is 2.68. The van der Waals surface area contributed by atoms with Gasteiger partial charge < -0.3 is 0 Å². The van der Waals surface area contributed by atoms with E-state index in [1.807, 2.05) is 0 Å². The van der Waals surface area contributed by atoms with Crippen LogP contribution in [-0.4, -0.2) is 16.0 Å². The summed E-state index contributed by atoms with van der Waals surface area (Å²) in [6, 6.07) is 13.0. The van der Waals surface area contributed by atoms with Crippen LogP contribution in [0.25, 0.3) is 16.8 Å². The van der Waals surface area contributed by atoms with Crippen molar-refractivity contribution < 1.29 is 0 Å². The minimum Gasteiger partial charge on any atom is -0.253 e. The second-order valence-electron chi connectivity index (χ2n) is 7.21. The summed E-state index contributed by atoms with van der Waals surface area (Å²) >= 11 is 0. The summed E-state index contributed by atoms with van der Waals surface area (Å²) in [4.78, 5) is 4.43. The van der Waals surface area contributed by atoms with Gasteiger partial charge in [-0.25, -0.2) is 0 Å². The van der Waals surface area contributed by atoms with Crippen LogP contribution in [-0.2, 0) is 0 Å². The third kappa shape index (κ3) is 2.65. The van der Waals surface area contributed by atoms with Gasteiger partial charge >= 0.3 is 0 Å². The van der Waals surface area contributed by atoms with Crippen LogP contribution in [0, 0.1) is 0 Å². The van der Waals surface area contributed by atoms with Gasteiger partial charge in [0.15, 0.2) is 0 Å². The van der Waals surface area contributed by atoms with Gasteiger partial charge in [0.2, 0.25) is 0 Å². The number of fused-ring (bicyclic) bond motifs is 4. The van der Waals surface area contributed by atoms with Crippen molar-refractivity contribution in [2.45, 2.75) is 33.2 Å². The van der Waals surface area contributed by atoms with Gasteiger partial charge in [-0.1, -0.05) is 54.1 Å². The first-order valence-corrected chi connectivity index (χ1v) is 9.62. The van der Waals surface area contributed by atoms with Gasteiger partial charge in [0.1, 0.15) is 0 Å². The van der Waals surface area contributed by atoms with Crippen molar-refractivity contribution in [3.8, 4) is 0 Å². The average Bonchev–Trinajstić information content (AvgIpc) is 3.24. The predicted molar refractivity (Wildman–Crippen MR) is 114 cm³/mol. The molecule has 1 aliphatic heterocycles. The molecule has 0 aromatic heterocycles. The molecule has 2 aliphatic carbocycles. The third-order valence-electron chi connectivity index (χ3n) is 5.49. The molecule has 2 aromatic rings. The molecule has 1 heterocycles. The van der Waals surface area contributed by atoms with Gasteiger partial charge in [-0.15, -0.1) is 0 Å². The fourth-order valence-electron chi connectivity index (χ4n) is 3.88. The van der Waals surface area contributed by atoms with E-state index < -0.39 is 0 Å². The molecule has 1 nitrogen and oxygen atoms in total. The lowest BCUT2D eigenvalue weighted by Crippen LogP contribution is -1.95. The molecule has 2 aromatic carbocycles. The Hall–Kier alpha value is -2.45. The van der Waals surface area contributed by atoms with Crippen molar-refractivity contribution in [2.75, 3.05) is 0 Å². The summed E-state index contributed by atoms with van der Waals surface area (Å²) in [6.07, 6.45) is 6.50. The Balaban J connectivity index is 0.000000136. The molecule has 0 bridgehead atoms. The highest BCUT2D eigenvalue weighted by Gasteiger charge is 2.21. The monoisotopic (exact) mass is 352 g/mol. The summed E-state index contributed by atoms with van der Waals surface area (Å²) < 4.78 is 0. The third-order valence-corrected chi connectivity index (χ3v) is 6.26. The van der Waals surface area contributed by atoms with Crippen LogP contribution in [0.2, 0.25) is 0 Å². The smallest absolute Gasteiger partial charge is 0.0711 e. The molecular weight excluding hydrogens is 330 g/mol. The number of allylic oxidation sites excluding steroid dienone is 5. The molecule has 0 N–H and O–H groups in total. The van der Waals surface area contributed by atoms with Crippen LogP contribution in [0.3, 0.4) is 0 Å². The Morgan fingerprint density at radius 2 is 1.69 bits per heavy atom. The van der Waals surface area contributed by atoms with Crippen LogP contribution in [0.4, 0.5) is 0 Å². The Morgan fingerprint density at radius 3 is 2.46 bits per heavy atom. The largest absolute Gasteiger partial charge is 0.253 e. The molecule has 0 saturated carbocycles. The van der Waals surface area contributed by atoms with Gasteiger partial charge in [0, 0.05) is 21.5 Å². The molecule has 0 spiro atoms. The first kappa shape index (κ1) is 17.0. The number of aliphatic imine (C=N–C) groups is 1. The second-order valence-corrected chi connectivity index (χ2v) is 7.79. The summed E-state index contributed by atoms with van der Waals surface area (Å²) in [5.41, 5.74) is 10.9. The molecule has 1 atom stereocenters. The van der Waals surface area contributed by atoms with Crippen molar-refractivity contribution in [3.05, 3.63) is 87.7 Å². The lowest BCUT2D eigenvalue weighted by atomic mass is 10.0. The van der Waals surface area contributed by atoms with Crippen molar-refractivity contribution in [3.63, 3.8) is 0 Å². The normalized spacial score (nSPS) is 20.1. The van der Waals surface area contributed by atoms with E-state index in [9.17, 15) is 0 Å². The molecule has 5 rings (SSSR count). The highest BCUT2D eigenvalue weighted by atomic mass is 28.1. The van der Waals surface area contributed by atoms with E-state index in [0.717, 1.165) is 5.70 Å². The predicted octanol–water partition coefficient (Wildman–Crippen LogP) is 6.09. The van der Waals surface area contributed by atoms with Crippen LogP contribution in [0.15, 0.2) is 81.5 Å². The Morgan fingerprint density at radius 1 is 0.923 bits per heavy atom. The molecule has 3 aliphatic rings. The summed E-state index contributed by atoms with van der Waals surface area (Å²) in [5.74, 6) is 0. The van der Waals surface area contributed by atoms with Crippen molar-refractivity contribution in [2.24, 2.45) is 4.99 Å². The molecule has 0 fully saturated rings. The van der Waals surface area contributed by atoms with E-state index in [0.29, 0.717) is 5.54 Å². The minimum absolute atomic E-state index is 0.393. The fraction of sp³-hybridized carbons (Fsp3) is 0.208. The Kier molecular flexibility index (Phi) is 4.16. The first-order valence-electron chi connectivity index (χ1n) is 9.04. The number of nitrogens with zero attached hydrogens (tertiary/aromatic N) is 1. The molecular formula is C24H22NSi. The number of hydrogen-bond donors (Lipinski definition) is 0. The molecule has 2 heteroatoms. The SMILES string of the molecule is CC1=CC=C2N=C(C)C(C)=C12.CC1=Cc2c(ccc3ccccc23)C1[Si]. The van der Waals surface area contributed by atoms with E-state index in [-0.39, 0.29) is 0 Å². The van der Waals surface area contributed by atoms with E-state index in [4.69, 9.17) is 0 Å². The molecule has 3 radical (unpaired) electrons. The maximum atomic E-state index is 4.43. The summed E-state index contributed by atoms with van der Waals surface area (Å²) in [7, 11) is 3.77. The van der Waals surface area contributed by atoms with Crippen LogP contribution in [0.1, 0.15) is 44.4 Å². The van der Waals surface area contributed by atoms with Gasteiger partial charge in [0.05, 0.1) is 5.70 Å². The minimum atomic E-state index is 0.393. The van der Waals surface area contributed by atoms with Gasteiger partial charge in [-0.05, 0) is 72.4 Å². The van der Waals surface area contributed by atoms with Gasteiger partial charge in [-0.3, -0.25) is 4.99 Å². The van der Waals surface area contributed by atoms with E-state index in [1.165, 1.54) is 49.9 Å². The fourth-order valence-corrected chi connectivity index (χ4v) is 4.22. The molecule has 127 valence electrons. The standard InChI is InChI=1S/C14H11Si.C10H11N/c1-9-8-13-11-5-3-2-4-10(11)6-7-12(13)14(9)15;1-6-4-5-9-10(6)7(2)8(3)11-9/h2-8,14H,1H3;4-5H,1-3H3. The number of benzene rings is 2. The topological polar surface area (TPSA) is 12.4 Å². The maximum absolute atomic E-state index is 4.43. The number of rotatable bonds is 0. The quantitative estimate of drug-likeness (QED) is 0.509. The van der Waals surface area contributed by atoms with E-state index >= 15 is 0 Å². The van der Waals surface area contributed by atoms with Gasteiger partial charge in [-0.2, -0.15) is 0 Å². The maximum Gasteiger partial charge on any atom is 0.0711 e. The molecule has 26 heavy (non-hydrogen) atoms. The zero-order chi connectivity index (χ0) is 18.4. The highest BCUT2D eigenvalue weighted by molar-refractivity contribution is 6.17. The lowest BCUT2D eigenvalue weighted by molar-refractivity contribution is 1.14. The average molecular weight is 353 g/mol. The van der Waals surface area contributed by atoms with Crippen LogP contribution >= 0.6 is 0 Å². The van der Waals surface area contributed by atoms with Gasteiger partial charge in [0.25, 0.3) is 0 Å². The highest BCUT2D eigenvalue weighted by Crippen LogP contribution is 2.37. The molecule has 1 unspecified atom stereocenters. The summed E-state index contributed by atoms with van der Waals surface area (Å²) in [6.45, 7) is 8.51. The van der Waals surface area contributed by atoms with Crippen molar-refractivity contribution in [1.82, 2.24) is 0 Å². The van der Waals surface area contributed by atoms with Crippen molar-refractivity contribution >= 4 is 32.8 Å². The van der Waals surface area contributed by atoms with Crippen LogP contribution < -0.4 is 0 Å². The van der Waals surface area contributed by atoms with Crippen molar-refractivity contribution in [1.29, 1.82) is 0 Å². The first-order chi connectivity index (χ1) is 12.5. The van der Waals surface area contributed by atoms with Crippen LogP contribution in [0.5, 0.6) is 0 Å². The molecule has 0 saturated heterocycles.